The third-order valence-corrected chi connectivity index (χ3v) is 11.1. The van der Waals surface area contributed by atoms with Gasteiger partial charge in [0.25, 0.3) is 11.8 Å². The summed E-state index contributed by atoms with van der Waals surface area (Å²) in [6.45, 7) is 2.74. The summed E-state index contributed by atoms with van der Waals surface area (Å²) in [5.74, 6) is -2.70. The second kappa shape index (κ2) is 13.7. The summed E-state index contributed by atoms with van der Waals surface area (Å²) in [5.41, 5.74) is -1.63. The van der Waals surface area contributed by atoms with Gasteiger partial charge < -0.3 is 20.3 Å². The van der Waals surface area contributed by atoms with E-state index in [1.807, 2.05) is 12.2 Å². The summed E-state index contributed by atoms with van der Waals surface area (Å²) in [4.78, 5) is 59.2. The van der Waals surface area contributed by atoms with E-state index in [0.29, 0.717) is 64.6 Å². The lowest BCUT2D eigenvalue weighted by molar-refractivity contribution is -0.142. The van der Waals surface area contributed by atoms with E-state index >= 15 is 0 Å². The van der Waals surface area contributed by atoms with Crippen LogP contribution >= 0.6 is 0 Å². The monoisotopic (exact) mass is 620 g/mol. The summed E-state index contributed by atoms with van der Waals surface area (Å²) in [6.07, 6.45) is 10.8. The number of methoxy groups -OCH3 is 1. The zero-order valence-electron chi connectivity index (χ0n) is 25.0. The molecule has 0 aromatic rings. The number of sulfonamides is 1. The van der Waals surface area contributed by atoms with Crippen LogP contribution in [0.25, 0.3) is 0 Å². The molecule has 1 saturated heterocycles. The second-order valence-electron chi connectivity index (χ2n) is 12.2. The highest BCUT2D eigenvalue weighted by atomic mass is 32.2. The summed E-state index contributed by atoms with van der Waals surface area (Å²) >= 11 is 0. The number of rotatable bonds is 10. The molecule has 0 spiro atoms. The third-order valence-electron chi connectivity index (χ3n) is 8.89. The molecule has 0 aromatic carbocycles. The number of fused-ring (bicyclic) bond motifs is 2. The van der Waals surface area contributed by atoms with Gasteiger partial charge in [-0.05, 0) is 58.3 Å². The summed E-state index contributed by atoms with van der Waals surface area (Å²) in [5, 5.41) is 13.7. The van der Waals surface area contributed by atoms with Crippen LogP contribution in [0.5, 0.6) is 0 Å². The first-order valence-corrected chi connectivity index (χ1v) is 16.6. The third kappa shape index (κ3) is 7.69. The largest absolute Gasteiger partial charge is 0.383 e. The highest BCUT2D eigenvalue weighted by molar-refractivity contribution is 7.91. The predicted octanol–water partition coefficient (Wildman–Crippen LogP) is 0.983. The zero-order valence-corrected chi connectivity index (χ0v) is 25.8. The van der Waals surface area contributed by atoms with E-state index < -0.39 is 56.0 Å². The molecule has 4 amide bonds. The van der Waals surface area contributed by atoms with Gasteiger partial charge in [-0.15, -0.1) is 0 Å². The Morgan fingerprint density at radius 1 is 1.21 bits per heavy atom. The van der Waals surface area contributed by atoms with Gasteiger partial charge in [-0.3, -0.25) is 34.3 Å². The number of allylic oxidation sites excluding steroid dienone is 1. The number of ether oxygens (including phenoxy) is 1. The van der Waals surface area contributed by atoms with Crippen LogP contribution in [0, 0.1) is 11.3 Å². The molecule has 2 heterocycles. The van der Waals surface area contributed by atoms with E-state index in [-0.39, 0.29) is 24.5 Å². The predicted molar refractivity (Wildman–Crippen MR) is 160 cm³/mol. The zero-order chi connectivity index (χ0) is 31.3. The first-order chi connectivity index (χ1) is 20.4. The standard InChI is InChI=1S/C29H44N6O7S/c1-28(13-14-28)43(40,41)34-27(39)29-19-20(29)9-6-4-3-5-7-10-22(26(38)35-17-8-11-23(35)25(37)33-29)32-24(36)21(30)12-15-31-16-18-42-2/h6,9,15,20,22-23,30H,3-5,7-8,10-14,16-19H2,1-2H3,(H,32,36)(H,33,37)(H,34,39). The highest BCUT2D eigenvalue weighted by Crippen LogP contribution is 2.47. The van der Waals surface area contributed by atoms with Gasteiger partial charge in [-0.25, -0.2) is 8.42 Å². The van der Waals surface area contributed by atoms with Crippen LogP contribution in [0.15, 0.2) is 17.1 Å². The van der Waals surface area contributed by atoms with Crippen molar-refractivity contribution in [2.45, 2.75) is 99.9 Å². The van der Waals surface area contributed by atoms with Crippen LogP contribution in [0.1, 0.15) is 77.6 Å². The fourth-order valence-electron chi connectivity index (χ4n) is 5.60. The average Bonchev–Trinajstić information content (AvgIpc) is 3.82. The van der Waals surface area contributed by atoms with Crippen LogP contribution < -0.4 is 15.4 Å². The first kappa shape index (κ1) is 32.8. The molecule has 2 saturated carbocycles. The van der Waals surface area contributed by atoms with Gasteiger partial charge in [0.1, 0.15) is 23.3 Å². The number of nitrogens with zero attached hydrogens (tertiary/aromatic N) is 2. The SMILES string of the molecule is COCCN=CCC(=N)C(=O)NC1CCCCCC=CC2CC2(C(=O)NS(=O)(=O)C2(C)CC2)NC(=O)C2CCCN2C1=O. The average molecular weight is 621 g/mol. The Morgan fingerprint density at radius 3 is 2.70 bits per heavy atom. The van der Waals surface area contributed by atoms with Crippen molar-refractivity contribution in [3.63, 3.8) is 0 Å². The van der Waals surface area contributed by atoms with Crippen molar-refractivity contribution in [3.05, 3.63) is 12.2 Å². The van der Waals surface area contributed by atoms with Crippen molar-refractivity contribution >= 4 is 45.6 Å². The minimum absolute atomic E-state index is 0.0116. The summed E-state index contributed by atoms with van der Waals surface area (Å²) in [7, 11) is -2.35. The number of carbonyl (C=O) groups excluding carboxylic acids is 4. The highest BCUT2D eigenvalue weighted by Gasteiger charge is 2.62. The Kier molecular flexibility index (Phi) is 10.4. The van der Waals surface area contributed by atoms with E-state index in [1.54, 1.807) is 14.0 Å². The van der Waals surface area contributed by atoms with Crippen LogP contribution in [0.2, 0.25) is 0 Å². The molecule has 4 N–H and O–H groups in total. The molecule has 0 bridgehead atoms. The number of amides is 4. The molecule has 4 unspecified atom stereocenters. The van der Waals surface area contributed by atoms with Gasteiger partial charge >= 0.3 is 0 Å². The lowest BCUT2D eigenvalue weighted by Gasteiger charge is -2.30. The normalized spacial score (nSPS) is 29.1. The number of aliphatic imine (C=N–C) groups is 1. The minimum Gasteiger partial charge on any atom is -0.383 e. The smallest absolute Gasteiger partial charge is 0.265 e. The number of nitrogens with one attached hydrogen (secondary N) is 4. The van der Waals surface area contributed by atoms with Crippen LogP contribution in [-0.2, 0) is 33.9 Å². The topological polar surface area (TPSA) is 187 Å². The van der Waals surface area contributed by atoms with Crippen LogP contribution in [0.3, 0.4) is 0 Å². The van der Waals surface area contributed by atoms with E-state index in [2.05, 4.69) is 20.3 Å². The molecule has 238 valence electrons. The fraction of sp³-hybridized carbons (Fsp3) is 0.724. The lowest BCUT2D eigenvalue weighted by atomic mass is 10.0. The van der Waals surface area contributed by atoms with E-state index in [9.17, 15) is 27.6 Å². The van der Waals surface area contributed by atoms with Crippen molar-refractivity contribution in [2.24, 2.45) is 10.9 Å². The molecule has 4 aliphatic rings. The van der Waals surface area contributed by atoms with E-state index in [0.717, 1.165) is 12.8 Å². The maximum atomic E-state index is 13.8. The number of hydrogen-bond acceptors (Lipinski definition) is 9. The van der Waals surface area contributed by atoms with Gasteiger partial charge in [0, 0.05) is 32.2 Å². The Bertz CT molecular complexity index is 1280. The molecule has 14 heteroatoms. The van der Waals surface area contributed by atoms with Gasteiger partial charge in [0.2, 0.25) is 21.8 Å². The molecule has 2 aliphatic heterocycles. The number of carbonyl (C=O) groups is 4. The quantitative estimate of drug-likeness (QED) is 0.159. The van der Waals surface area contributed by atoms with Crippen molar-refractivity contribution < 1.29 is 32.3 Å². The maximum Gasteiger partial charge on any atom is 0.265 e. The van der Waals surface area contributed by atoms with Gasteiger partial charge in [0.15, 0.2) is 0 Å². The minimum atomic E-state index is -3.90. The summed E-state index contributed by atoms with van der Waals surface area (Å²) in [6, 6.07) is -1.78. The molecule has 2 aliphatic carbocycles. The Balaban J connectivity index is 1.49. The van der Waals surface area contributed by atoms with Gasteiger partial charge in [0.05, 0.1) is 17.9 Å². The fourth-order valence-corrected chi connectivity index (χ4v) is 6.92. The Hall–Kier alpha value is -3.13. The van der Waals surface area contributed by atoms with Crippen molar-refractivity contribution in [1.29, 1.82) is 5.41 Å². The molecule has 4 rings (SSSR count). The van der Waals surface area contributed by atoms with Crippen molar-refractivity contribution in [1.82, 2.24) is 20.3 Å². The summed E-state index contributed by atoms with van der Waals surface area (Å²) < 4.78 is 31.8. The van der Waals surface area contributed by atoms with Crippen LogP contribution in [0.4, 0.5) is 0 Å². The van der Waals surface area contributed by atoms with E-state index in [1.165, 1.54) is 11.1 Å². The molecule has 0 aromatic heterocycles. The molecule has 43 heavy (non-hydrogen) atoms. The molecular formula is C29H44N6O7S. The molecule has 13 nitrogen and oxygen atoms in total. The van der Waals surface area contributed by atoms with Crippen molar-refractivity contribution in [2.75, 3.05) is 26.8 Å². The van der Waals surface area contributed by atoms with E-state index in [4.69, 9.17) is 10.1 Å². The molecule has 4 atom stereocenters. The van der Waals surface area contributed by atoms with Crippen molar-refractivity contribution in [3.8, 4) is 0 Å². The molecule has 3 fully saturated rings. The Morgan fingerprint density at radius 2 is 1.98 bits per heavy atom. The van der Waals surface area contributed by atoms with Crippen LogP contribution in [-0.4, -0.2) is 98.0 Å². The van der Waals surface area contributed by atoms with Gasteiger partial charge in [-0.2, -0.15) is 0 Å². The molecule has 0 radical (unpaired) electrons. The number of hydrogen-bond donors (Lipinski definition) is 4. The first-order valence-electron chi connectivity index (χ1n) is 15.2. The van der Waals surface area contributed by atoms with Gasteiger partial charge in [-0.1, -0.05) is 25.0 Å². The molecular weight excluding hydrogens is 576 g/mol. The second-order valence-corrected chi connectivity index (χ2v) is 14.4. The Labute approximate surface area is 253 Å². The lowest BCUT2D eigenvalue weighted by Crippen LogP contribution is -2.58. The maximum absolute atomic E-state index is 13.8.